The normalized spacial score (nSPS) is 15.7. The van der Waals surface area contributed by atoms with Gasteiger partial charge in [-0.3, -0.25) is 4.90 Å². The highest BCUT2D eigenvalue weighted by molar-refractivity contribution is 6.29. The Morgan fingerprint density at radius 2 is 2.22 bits per heavy atom. The number of halogens is 1. The van der Waals surface area contributed by atoms with Gasteiger partial charge in [0.05, 0.1) is 13.1 Å². The van der Waals surface area contributed by atoms with Crippen LogP contribution in [0.25, 0.3) is 0 Å². The SMILES string of the molecule is Cc1cc(Cl)nc(CN2CCn3ccnc3C2)n1. The summed E-state index contributed by atoms with van der Waals surface area (Å²) in [5.41, 5.74) is 0.906. The monoisotopic (exact) mass is 263 g/mol. The van der Waals surface area contributed by atoms with Crippen molar-refractivity contribution in [3.63, 3.8) is 0 Å². The molecule has 0 aromatic carbocycles. The Balaban J connectivity index is 1.74. The molecule has 2 aromatic rings. The van der Waals surface area contributed by atoms with Gasteiger partial charge in [0.25, 0.3) is 0 Å². The van der Waals surface area contributed by atoms with Gasteiger partial charge in [0, 0.05) is 31.2 Å². The first-order chi connectivity index (χ1) is 8.70. The van der Waals surface area contributed by atoms with Crippen molar-refractivity contribution in [3.05, 3.63) is 41.0 Å². The number of aryl methyl sites for hydroxylation is 1. The van der Waals surface area contributed by atoms with Gasteiger partial charge < -0.3 is 4.57 Å². The number of hydrogen-bond donors (Lipinski definition) is 0. The summed E-state index contributed by atoms with van der Waals surface area (Å²) in [4.78, 5) is 15.3. The second kappa shape index (κ2) is 4.66. The predicted octanol–water partition coefficient (Wildman–Crippen LogP) is 1.65. The first kappa shape index (κ1) is 11.6. The van der Waals surface area contributed by atoms with Crippen LogP contribution in [0.4, 0.5) is 0 Å². The van der Waals surface area contributed by atoms with Gasteiger partial charge in [-0.25, -0.2) is 15.0 Å². The molecule has 3 rings (SSSR count). The van der Waals surface area contributed by atoms with Crippen LogP contribution in [-0.4, -0.2) is 31.0 Å². The molecule has 0 fully saturated rings. The van der Waals surface area contributed by atoms with E-state index in [1.165, 1.54) is 0 Å². The second-order valence-corrected chi connectivity index (χ2v) is 4.88. The minimum Gasteiger partial charge on any atom is -0.333 e. The van der Waals surface area contributed by atoms with Crippen LogP contribution in [0.2, 0.25) is 5.15 Å². The van der Waals surface area contributed by atoms with E-state index in [4.69, 9.17) is 11.6 Å². The smallest absolute Gasteiger partial charge is 0.144 e. The van der Waals surface area contributed by atoms with Crippen LogP contribution < -0.4 is 0 Å². The lowest BCUT2D eigenvalue weighted by Crippen LogP contribution is -2.33. The maximum atomic E-state index is 5.95. The van der Waals surface area contributed by atoms with Gasteiger partial charge in [-0.15, -0.1) is 0 Å². The van der Waals surface area contributed by atoms with E-state index in [1.54, 1.807) is 6.07 Å². The van der Waals surface area contributed by atoms with Gasteiger partial charge in [-0.2, -0.15) is 0 Å². The lowest BCUT2D eigenvalue weighted by Gasteiger charge is -2.26. The average Bonchev–Trinajstić information content (AvgIpc) is 2.74. The minimum atomic E-state index is 0.510. The van der Waals surface area contributed by atoms with Crippen LogP contribution in [0.3, 0.4) is 0 Å². The summed E-state index contributed by atoms with van der Waals surface area (Å²) in [5.74, 6) is 1.88. The third kappa shape index (κ3) is 2.37. The second-order valence-electron chi connectivity index (χ2n) is 4.50. The van der Waals surface area contributed by atoms with Crippen molar-refractivity contribution in [1.82, 2.24) is 24.4 Å². The van der Waals surface area contributed by atoms with Gasteiger partial charge in [-0.1, -0.05) is 11.6 Å². The highest BCUT2D eigenvalue weighted by atomic mass is 35.5. The lowest BCUT2D eigenvalue weighted by atomic mass is 10.3. The number of nitrogens with zero attached hydrogens (tertiary/aromatic N) is 5. The van der Waals surface area contributed by atoms with Crippen LogP contribution in [0.5, 0.6) is 0 Å². The van der Waals surface area contributed by atoms with E-state index in [9.17, 15) is 0 Å². The first-order valence-corrected chi connectivity index (χ1v) is 6.31. The van der Waals surface area contributed by atoms with Gasteiger partial charge in [0.15, 0.2) is 0 Å². The molecule has 94 valence electrons. The molecule has 0 radical (unpaired) electrons. The topological polar surface area (TPSA) is 46.8 Å². The van der Waals surface area contributed by atoms with Crippen LogP contribution in [0.15, 0.2) is 18.5 Å². The maximum Gasteiger partial charge on any atom is 0.144 e. The maximum absolute atomic E-state index is 5.95. The molecule has 0 atom stereocenters. The zero-order chi connectivity index (χ0) is 12.5. The fourth-order valence-electron chi connectivity index (χ4n) is 2.22. The summed E-state index contributed by atoms with van der Waals surface area (Å²) in [7, 11) is 0. The zero-order valence-corrected chi connectivity index (χ0v) is 10.9. The number of fused-ring (bicyclic) bond motifs is 1. The molecule has 0 saturated carbocycles. The molecule has 0 amide bonds. The molecule has 0 aliphatic carbocycles. The molecular weight excluding hydrogens is 250 g/mol. The molecule has 0 spiro atoms. The Kier molecular flexibility index (Phi) is 3.01. The van der Waals surface area contributed by atoms with Crippen molar-refractivity contribution in [2.75, 3.05) is 6.54 Å². The largest absolute Gasteiger partial charge is 0.333 e. The first-order valence-electron chi connectivity index (χ1n) is 5.93. The minimum absolute atomic E-state index is 0.510. The van der Waals surface area contributed by atoms with Crippen molar-refractivity contribution in [1.29, 1.82) is 0 Å². The van der Waals surface area contributed by atoms with Crippen molar-refractivity contribution in [2.24, 2.45) is 0 Å². The molecule has 5 nitrogen and oxygen atoms in total. The molecule has 6 heteroatoms. The highest BCUT2D eigenvalue weighted by Crippen LogP contribution is 2.13. The van der Waals surface area contributed by atoms with E-state index < -0.39 is 0 Å². The molecule has 1 aliphatic heterocycles. The molecule has 18 heavy (non-hydrogen) atoms. The van der Waals surface area contributed by atoms with E-state index in [0.717, 1.165) is 37.0 Å². The highest BCUT2D eigenvalue weighted by Gasteiger charge is 2.17. The van der Waals surface area contributed by atoms with E-state index in [1.807, 2.05) is 19.3 Å². The molecule has 3 heterocycles. The fourth-order valence-corrected chi connectivity index (χ4v) is 2.47. The van der Waals surface area contributed by atoms with Crippen molar-refractivity contribution >= 4 is 11.6 Å². The Bertz CT molecular complexity index is 545. The summed E-state index contributed by atoms with van der Waals surface area (Å²) < 4.78 is 2.18. The van der Waals surface area contributed by atoms with Crippen molar-refractivity contribution in [3.8, 4) is 0 Å². The molecule has 0 bridgehead atoms. The van der Waals surface area contributed by atoms with Crippen molar-refractivity contribution < 1.29 is 0 Å². The molecular formula is C12H14ClN5. The Labute approximate surface area is 110 Å². The molecule has 0 N–H and O–H groups in total. The third-order valence-corrected chi connectivity index (χ3v) is 3.25. The summed E-state index contributed by atoms with van der Waals surface area (Å²) >= 11 is 5.95. The molecule has 0 unspecified atom stereocenters. The number of hydrogen-bond acceptors (Lipinski definition) is 4. The summed E-state index contributed by atoms with van der Waals surface area (Å²) in [5, 5.41) is 0.510. The molecule has 0 saturated heterocycles. The third-order valence-electron chi connectivity index (χ3n) is 3.06. The summed E-state index contributed by atoms with van der Waals surface area (Å²) in [6, 6.07) is 1.77. The fraction of sp³-hybridized carbons (Fsp3) is 0.417. The van der Waals surface area contributed by atoms with Crippen LogP contribution in [0.1, 0.15) is 17.3 Å². The van der Waals surface area contributed by atoms with Crippen LogP contribution in [-0.2, 0) is 19.6 Å². The van der Waals surface area contributed by atoms with Crippen LogP contribution >= 0.6 is 11.6 Å². The predicted molar refractivity (Wildman–Crippen MR) is 68.1 cm³/mol. The summed E-state index contributed by atoms with van der Waals surface area (Å²) in [6.45, 7) is 5.43. The molecule has 2 aromatic heterocycles. The van der Waals surface area contributed by atoms with E-state index in [-0.39, 0.29) is 0 Å². The quantitative estimate of drug-likeness (QED) is 0.773. The van der Waals surface area contributed by atoms with Gasteiger partial charge in [0.2, 0.25) is 0 Å². The lowest BCUT2D eigenvalue weighted by molar-refractivity contribution is 0.204. The number of rotatable bonds is 2. The standard InChI is InChI=1S/C12H14ClN5/c1-9-6-10(13)16-11(15-9)7-17-4-5-18-3-2-14-12(18)8-17/h2-3,6H,4-5,7-8H2,1H3. The van der Waals surface area contributed by atoms with Gasteiger partial charge >= 0.3 is 0 Å². The Hall–Kier alpha value is -1.46. The Morgan fingerprint density at radius 3 is 3.06 bits per heavy atom. The van der Waals surface area contributed by atoms with Crippen molar-refractivity contribution in [2.45, 2.75) is 26.6 Å². The van der Waals surface area contributed by atoms with E-state index >= 15 is 0 Å². The average molecular weight is 264 g/mol. The summed E-state index contributed by atoms with van der Waals surface area (Å²) in [6.07, 6.45) is 3.87. The zero-order valence-electron chi connectivity index (χ0n) is 10.2. The van der Waals surface area contributed by atoms with Crippen LogP contribution in [0, 0.1) is 6.92 Å². The van der Waals surface area contributed by atoms with Gasteiger partial charge in [0.1, 0.15) is 16.8 Å². The number of imidazole rings is 1. The number of aromatic nitrogens is 4. The molecule has 1 aliphatic rings. The Morgan fingerprint density at radius 1 is 1.33 bits per heavy atom. The van der Waals surface area contributed by atoms with Gasteiger partial charge in [-0.05, 0) is 13.0 Å². The van der Waals surface area contributed by atoms with E-state index in [2.05, 4.69) is 24.4 Å². The van der Waals surface area contributed by atoms with E-state index in [0.29, 0.717) is 11.7 Å².